The van der Waals surface area contributed by atoms with E-state index in [2.05, 4.69) is 40.8 Å². The van der Waals surface area contributed by atoms with Gasteiger partial charge in [0.15, 0.2) is 0 Å². The molecule has 0 saturated carbocycles. The Morgan fingerprint density at radius 2 is 1.94 bits per heavy atom. The van der Waals surface area contributed by atoms with Crippen LogP contribution in [0.1, 0.15) is 11.3 Å². The molecule has 0 atom stereocenters. The maximum absolute atomic E-state index is 4.07. The van der Waals surface area contributed by atoms with Gasteiger partial charge in [-0.15, -0.1) is 16.9 Å². The summed E-state index contributed by atoms with van der Waals surface area (Å²) in [6.45, 7) is 0. The van der Waals surface area contributed by atoms with Crippen molar-refractivity contribution >= 4 is 11.8 Å². The fraction of sp³-hybridized carbons (Fsp3) is 0.333. The molecule has 1 aromatic heterocycles. The molecule has 0 amide bonds. The van der Waals surface area contributed by atoms with Crippen molar-refractivity contribution in [2.24, 2.45) is 7.05 Å². The van der Waals surface area contributed by atoms with Crippen LogP contribution in [0.25, 0.3) is 0 Å². The number of hydrogen-bond acceptors (Lipinski definition) is 3. The summed E-state index contributed by atoms with van der Waals surface area (Å²) in [6, 6.07) is 8.69. The summed E-state index contributed by atoms with van der Waals surface area (Å²) in [6.07, 6.45) is 6.03. The number of aromatic nitrogens is 3. The molecule has 0 saturated heterocycles. The van der Waals surface area contributed by atoms with Crippen molar-refractivity contribution in [3.05, 3.63) is 41.7 Å². The second-order valence-corrected chi connectivity index (χ2v) is 4.61. The molecular formula is C12H15N3S. The van der Waals surface area contributed by atoms with Crippen molar-refractivity contribution in [3.63, 3.8) is 0 Å². The average Bonchev–Trinajstić information content (AvgIpc) is 2.73. The van der Waals surface area contributed by atoms with Crippen molar-refractivity contribution < 1.29 is 0 Å². The van der Waals surface area contributed by atoms with Crippen LogP contribution in [0.5, 0.6) is 0 Å². The Morgan fingerprint density at radius 1 is 1.19 bits per heavy atom. The van der Waals surface area contributed by atoms with Gasteiger partial charge >= 0.3 is 0 Å². The summed E-state index contributed by atoms with van der Waals surface area (Å²) in [5, 5.41) is 7.99. The third-order valence-electron chi connectivity index (χ3n) is 2.48. The fourth-order valence-electron chi connectivity index (χ4n) is 1.57. The molecular weight excluding hydrogens is 218 g/mol. The van der Waals surface area contributed by atoms with E-state index in [1.165, 1.54) is 10.5 Å². The summed E-state index contributed by atoms with van der Waals surface area (Å²) in [4.78, 5) is 1.31. The lowest BCUT2D eigenvalue weighted by Gasteiger charge is -2.00. The molecule has 3 nitrogen and oxygen atoms in total. The zero-order valence-corrected chi connectivity index (χ0v) is 10.4. The standard InChI is InChI=1S/C12H15N3S/c1-15-9-11(13-14-15)6-3-10-4-7-12(16-2)8-5-10/h4-5,7-9H,3,6H2,1-2H3. The molecule has 1 heterocycles. The van der Waals surface area contributed by atoms with Crippen molar-refractivity contribution in [3.8, 4) is 0 Å². The van der Waals surface area contributed by atoms with Crippen LogP contribution in [0, 0.1) is 0 Å². The highest BCUT2D eigenvalue weighted by atomic mass is 32.2. The van der Waals surface area contributed by atoms with E-state index in [0.717, 1.165) is 18.5 Å². The van der Waals surface area contributed by atoms with E-state index in [4.69, 9.17) is 0 Å². The molecule has 84 valence electrons. The van der Waals surface area contributed by atoms with E-state index < -0.39 is 0 Å². The normalized spacial score (nSPS) is 10.6. The first-order chi connectivity index (χ1) is 7.78. The molecule has 16 heavy (non-hydrogen) atoms. The molecule has 0 N–H and O–H groups in total. The maximum atomic E-state index is 4.07. The molecule has 0 aliphatic carbocycles. The molecule has 0 spiro atoms. The Morgan fingerprint density at radius 3 is 2.50 bits per heavy atom. The second-order valence-electron chi connectivity index (χ2n) is 3.73. The fourth-order valence-corrected chi connectivity index (χ4v) is 1.98. The Kier molecular flexibility index (Phi) is 3.62. The Balaban J connectivity index is 1.94. The lowest BCUT2D eigenvalue weighted by atomic mass is 10.1. The largest absolute Gasteiger partial charge is 0.255 e. The zero-order chi connectivity index (χ0) is 11.4. The first kappa shape index (κ1) is 11.2. The van der Waals surface area contributed by atoms with Gasteiger partial charge in [-0.2, -0.15) is 0 Å². The molecule has 1 aromatic carbocycles. The quantitative estimate of drug-likeness (QED) is 0.759. The lowest BCUT2D eigenvalue weighted by molar-refractivity contribution is 0.713. The molecule has 0 unspecified atom stereocenters. The third-order valence-corrected chi connectivity index (χ3v) is 3.22. The molecule has 0 aliphatic rings. The van der Waals surface area contributed by atoms with Gasteiger partial charge in [0.25, 0.3) is 0 Å². The van der Waals surface area contributed by atoms with Crippen LogP contribution in [0.15, 0.2) is 35.4 Å². The van der Waals surface area contributed by atoms with Gasteiger partial charge in [-0.1, -0.05) is 17.3 Å². The van der Waals surface area contributed by atoms with E-state index in [1.807, 2.05) is 13.2 Å². The van der Waals surface area contributed by atoms with Gasteiger partial charge in [0.2, 0.25) is 0 Å². The number of aryl methyl sites for hydroxylation is 3. The van der Waals surface area contributed by atoms with Gasteiger partial charge in [-0.3, -0.25) is 4.68 Å². The van der Waals surface area contributed by atoms with Crippen LogP contribution >= 0.6 is 11.8 Å². The van der Waals surface area contributed by atoms with Crippen molar-refractivity contribution in [1.82, 2.24) is 15.0 Å². The minimum absolute atomic E-state index is 0.951. The van der Waals surface area contributed by atoms with E-state index >= 15 is 0 Å². The topological polar surface area (TPSA) is 30.7 Å². The van der Waals surface area contributed by atoms with Crippen LogP contribution in [0.2, 0.25) is 0 Å². The average molecular weight is 233 g/mol. The van der Waals surface area contributed by atoms with Crippen molar-refractivity contribution in [1.29, 1.82) is 0 Å². The van der Waals surface area contributed by atoms with Gasteiger partial charge in [0.05, 0.1) is 5.69 Å². The monoisotopic (exact) mass is 233 g/mol. The molecule has 2 rings (SSSR count). The Labute approximate surface area is 99.9 Å². The Bertz CT molecular complexity index is 448. The Hall–Kier alpha value is -1.29. The first-order valence-corrected chi connectivity index (χ1v) is 6.48. The smallest absolute Gasteiger partial charge is 0.0830 e. The summed E-state index contributed by atoms with van der Waals surface area (Å²) < 4.78 is 1.74. The molecule has 2 aromatic rings. The van der Waals surface area contributed by atoms with Crippen molar-refractivity contribution in [2.75, 3.05) is 6.26 Å². The maximum Gasteiger partial charge on any atom is 0.0830 e. The van der Waals surface area contributed by atoms with Gasteiger partial charge in [-0.25, -0.2) is 0 Å². The first-order valence-electron chi connectivity index (χ1n) is 5.26. The van der Waals surface area contributed by atoms with Crippen molar-refractivity contribution in [2.45, 2.75) is 17.7 Å². The molecule has 0 radical (unpaired) electrons. The van der Waals surface area contributed by atoms with Crippen LogP contribution in [0.3, 0.4) is 0 Å². The summed E-state index contributed by atoms with van der Waals surface area (Å²) in [5.41, 5.74) is 2.40. The second kappa shape index (κ2) is 5.16. The summed E-state index contributed by atoms with van der Waals surface area (Å²) in [7, 11) is 1.89. The van der Waals surface area contributed by atoms with Crippen LogP contribution in [-0.4, -0.2) is 21.2 Å². The highest BCUT2D eigenvalue weighted by molar-refractivity contribution is 7.98. The lowest BCUT2D eigenvalue weighted by Crippen LogP contribution is -1.91. The van der Waals surface area contributed by atoms with Crippen LogP contribution < -0.4 is 0 Å². The highest BCUT2D eigenvalue weighted by Crippen LogP contribution is 2.15. The van der Waals surface area contributed by atoms with E-state index in [1.54, 1.807) is 16.4 Å². The molecule has 0 fully saturated rings. The number of rotatable bonds is 4. The number of nitrogens with zero attached hydrogens (tertiary/aromatic N) is 3. The van der Waals surface area contributed by atoms with Gasteiger partial charge in [0.1, 0.15) is 0 Å². The minimum Gasteiger partial charge on any atom is -0.255 e. The number of hydrogen-bond donors (Lipinski definition) is 0. The minimum atomic E-state index is 0.951. The van der Waals surface area contributed by atoms with E-state index in [9.17, 15) is 0 Å². The van der Waals surface area contributed by atoms with E-state index in [-0.39, 0.29) is 0 Å². The van der Waals surface area contributed by atoms with Gasteiger partial charge in [0, 0.05) is 18.1 Å². The molecule has 0 aliphatic heterocycles. The summed E-state index contributed by atoms with van der Waals surface area (Å²) >= 11 is 1.77. The zero-order valence-electron chi connectivity index (χ0n) is 9.55. The predicted molar refractivity (Wildman–Crippen MR) is 66.6 cm³/mol. The number of thioether (sulfide) groups is 1. The summed E-state index contributed by atoms with van der Waals surface area (Å²) in [5.74, 6) is 0. The van der Waals surface area contributed by atoms with Crippen LogP contribution in [0.4, 0.5) is 0 Å². The van der Waals surface area contributed by atoms with Gasteiger partial charge in [-0.05, 0) is 36.8 Å². The third kappa shape index (κ3) is 2.85. The van der Waals surface area contributed by atoms with Crippen LogP contribution in [-0.2, 0) is 19.9 Å². The molecule has 0 bridgehead atoms. The van der Waals surface area contributed by atoms with Gasteiger partial charge < -0.3 is 0 Å². The number of benzene rings is 1. The van der Waals surface area contributed by atoms with E-state index in [0.29, 0.717) is 0 Å². The molecule has 4 heteroatoms. The predicted octanol–water partition coefficient (Wildman–Crippen LogP) is 2.32. The highest BCUT2D eigenvalue weighted by Gasteiger charge is 1.99. The SMILES string of the molecule is CSc1ccc(CCc2cn(C)nn2)cc1.